The lowest BCUT2D eigenvalue weighted by Gasteiger charge is -2.32. The molecule has 1 heterocycles. The molecule has 0 saturated heterocycles. The number of aliphatic carboxylic acids is 1. The number of carboxylic acid groups (broad SMARTS) is 1. The summed E-state index contributed by atoms with van der Waals surface area (Å²) < 4.78 is 5.07. The monoisotopic (exact) mass is 276 g/mol. The van der Waals surface area contributed by atoms with Crippen molar-refractivity contribution in [2.75, 3.05) is 14.2 Å². The average molecular weight is 276 g/mol. The van der Waals surface area contributed by atoms with Crippen LogP contribution in [0.5, 0.6) is 5.75 Å². The highest BCUT2D eigenvalue weighted by Crippen LogP contribution is 2.30. The molecule has 0 spiro atoms. The van der Waals surface area contributed by atoms with E-state index in [0.29, 0.717) is 17.0 Å². The molecule has 1 atom stereocenters. The quantitative estimate of drug-likeness (QED) is 0.881. The number of carbonyl (C=O) groups excluding carboxylic acids is 1. The molecule has 6 heteroatoms. The predicted octanol–water partition coefficient (Wildman–Crippen LogP) is 1.75. The van der Waals surface area contributed by atoms with Gasteiger partial charge < -0.3 is 20.1 Å². The van der Waals surface area contributed by atoms with Gasteiger partial charge in [0, 0.05) is 12.7 Å². The average Bonchev–Trinajstić information content (AvgIpc) is 2.44. The van der Waals surface area contributed by atoms with Crippen LogP contribution in [-0.4, -0.2) is 36.2 Å². The molecule has 0 aliphatic carbocycles. The third kappa shape index (κ3) is 2.32. The zero-order valence-corrected chi connectivity index (χ0v) is 11.5. The smallest absolute Gasteiger partial charge is 0.335 e. The van der Waals surface area contributed by atoms with Gasteiger partial charge in [0.05, 0.1) is 18.7 Å². The molecule has 0 aromatic heterocycles. The number of carbonyl (C=O) groups is 2. The molecule has 1 aromatic carbocycles. The van der Waals surface area contributed by atoms with Gasteiger partial charge in [-0.3, -0.25) is 0 Å². The fourth-order valence-corrected chi connectivity index (χ4v) is 2.16. The second-order valence-corrected chi connectivity index (χ2v) is 4.52. The Bertz CT molecular complexity index is 577. The Morgan fingerprint density at radius 2 is 1.95 bits per heavy atom. The molecule has 1 aromatic rings. The minimum absolute atomic E-state index is 0.164. The number of rotatable bonds is 3. The van der Waals surface area contributed by atoms with E-state index in [9.17, 15) is 14.7 Å². The first-order valence-electron chi connectivity index (χ1n) is 6.08. The van der Waals surface area contributed by atoms with Crippen molar-refractivity contribution in [2.24, 2.45) is 0 Å². The second-order valence-electron chi connectivity index (χ2n) is 4.52. The molecule has 1 aliphatic heterocycles. The first kappa shape index (κ1) is 13.9. The zero-order valence-electron chi connectivity index (χ0n) is 11.5. The van der Waals surface area contributed by atoms with E-state index >= 15 is 0 Å². The van der Waals surface area contributed by atoms with Gasteiger partial charge in [0.1, 0.15) is 5.75 Å². The number of hydrogen-bond acceptors (Lipinski definition) is 3. The number of ether oxygens (including phenoxy) is 1. The summed E-state index contributed by atoms with van der Waals surface area (Å²) in [5.41, 5.74) is 1.29. The fourth-order valence-electron chi connectivity index (χ4n) is 2.16. The van der Waals surface area contributed by atoms with E-state index in [1.54, 1.807) is 38.3 Å². The van der Waals surface area contributed by atoms with Gasteiger partial charge in [-0.2, -0.15) is 0 Å². The van der Waals surface area contributed by atoms with Crippen LogP contribution in [0.2, 0.25) is 0 Å². The number of amides is 2. The number of nitrogens with zero attached hydrogens (tertiary/aromatic N) is 1. The van der Waals surface area contributed by atoms with Crippen molar-refractivity contribution in [1.29, 1.82) is 0 Å². The van der Waals surface area contributed by atoms with E-state index in [-0.39, 0.29) is 11.6 Å². The maximum absolute atomic E-state index is 11.8. The maximum Gasteiger partial charge on any atom is 0.335 e. The summed E-state index contributed by atoms with van der Waals surface area (Å²) in [4.78, 5) is 24.6. The van der Waals surface area contributed by atoms with Crippen LogP contribution >= 0.6 is 0 Å². The van der Waals surface area contributed by atoms with Crippen molar-refractivity contribution in [1.82, 2.24) is 10.2 Å². The number of allylic oxidation sites excluding steroid dienone is 1. The number of nitrogens with one attached hydrogen (secondary N) is 1. The third-order valence-electron chi connectivity index (χ3n) is 3.43. The Labute approximate surface area is 116 Å². The van der Waals surface area contributed by atoms with Gasteiger partial charge in [0.15, 0.2) is 0 Å². The second kappa shape index (κ2) is 5.24. The highest BCUT2D eigenvalue weighted by Gasteiger charge is 2.33. The SMILES string of the molecule is COc1ccc(C2NC(=O)N(C)C(C)=C2C(=O)O)cc1. The molecule has 0 saturated carbocycles. The summed E-state index contributed by atoms with van der Waals surface area (Å²) in [6.07, 6.45) is 0. The molecule has 0 bridgehead atoms. The highest BCUT2D eigenvalue weighted by molar-refractivity contribution is 5.93. The molecule has 1 unspecified atom stereocenters. The number of urea groups is 1. The van der Waals surface area contributed by atoms with E-state index < -0.39 is 12.0 Å². The van der Waals surface area contributed by atoms with E-state index in [4.69, 9.17) is 4.74 Å². The number of benzene rings is 1. The molecule has 2 rings (SSSR count). The van der Waals surface area contributed by atoms with Crippen LogP contribution in [0, 0.1) is 0 Å². The lowest BCUT2D eigenvalue weighted by Crippen LogP contribution is -2.45. The van der Waals surface area contributed by atoms with Crippen LogP contribution in [0.3, 0.4) is 0 Å². The van der Waals surface area contributed by atoms with E-state index in [0.717, 1.165) is 0 Å². The molecule has 106 valence electrons. The van der Waals surface area contributed by atoms with Gasteiger partial charge in [-0.1, -0.05) is 12.1 Å². The van der Waals surface area contributed by atoms with Gasteiger partial charge in [0.2, 0.25) is 0 Å². The van der Waals surface area contributed by atoms with Crippen molar-refractivity contribution < 1.29 is 19.4 Å². The summed E-state index contributed by atoms with van der Waals surface area (Å²) >= 11 is 0. The summed E-state index contributed by atoms with van der Waals surface area (Å²) in [6.45, 7) is 1.62. The van der Waals surface area contributed by atoms with Crippen LogP contribution in [0.15, 0.2) is 35.5 Å². The topological polar surface area (TPSA) is 78.9 Å². The molecule has 0 radical (unpaired) electrons. The van der Waals surface area contributed by atoms with Crippen LogP contribution < -0.4 is 10.1 Å². The molecular weight excluding hydrogens is 260 g/mol. The van der Waals surface area contributed by atoms with E-state index in [2.05, 4.69) is 5.32 Å². The Morgan fingerprint density at radius 3 is 2.45 bits per heavy atom. The molecule has 6 nitrogen and oxygen atoms in total. The van der Waals surface area contributed by atoms with Crippen LogP contribution in [-0.2, 0) is 4.79 Å². The van der Waals surface area contributed by atoms with Crippen molar-refractivity contribution in [3.8, 4) is 5.75 Å². The lowest BCUT2D eigenvalue weighted by atomic mass is 9.95. The van der Waals surface area contributed by atoms with Gasteiger partial charge in [-0.15, -0.1) is 0 Å². The molecule has 0 fully saturated rings. The van der Waals surface area contributed by atoms with Gasteiger partial charge in [-0.25, -0.2) is 9.59 Å². The van der Waals surface area contributed by atoms with Crippen LogP contribution in [0.1, 0.15) is 18.5 Å². The standard InChI is InChI=1S/C14H16N2O4/c1-8-11(13(17)18)12(15-14(19)16(8)2)9-4-6-10(20-3)7-5-9/h4-7,12H,1-3H3,(H,15,19)(H,17,18). The fraction of sp³-hybridized carbons (Fsp3) is 0.286. The predicted molar refractivity (Wildman–Crippen MR) is 72.4 cm³/mol. The maximum atomic E-state index is 11.8. The first-order chi connectivity index (χ1) is 9.45. The lowest BCUT2D eigenvalue weighted by molar-refractivity contribution is -0.133. The third-order valence-corrected chi connectivity index (χ3v) is 3.43. The Hall–Kier alpha value is -2.50. The molecule has 2 amide bonds. The minimum atomic E-state index is -1.05. The molecule has 20 heavy (non-hydrogen) atoms. The van der Waals surface area contributed by atoms with Gasteiger partial charge in [0.25, 0.3) is 0 Å². The zero-order chi connectivity index (χ0) is 14.9. The Balaban J connectivity index is 2.47. The van der Waals surface area contributed by atoms with Crippen LogP contribution in [0.25, 0.3) is 0 Å². The van der Waals surface area contributed by atoms with Gasteiger partial charge >= 0.3 is 12.0 Å². The van der Waals surface area contributed by atoms with Crippen LogP contribution in [0.4, 0.5) is 4.79 Å². The summed E-state index contributed by atoms with van der Waals surface area (Å²) in [7, 11) is 3.09. The number of hydrogen-bond donors (Lipinski definition) is 2. The number of methoxy groups -OCH3 is 1. The van der Waals surface area contributed by atoms with Crippen molar-refractivity contribution in [2.45, 2.75) is 13.0 Å². The van der Waals surface area contributed by atoms with Gasteiger partial charge in [-0.05, 0) is 24.6 Å². The largest absolute Gasteiger partial charge is 0.497 e. The van der Waals surface area contributed by atoms with Crippen molar-refractivity contribution >= 4 is 12.0 Å². The van der Waals surface area contributed by atoms with E-state index in [1.807, 2.05) is 0 Å². The van der Waals surface area contributed by atoms with E-state index in [1.165, 1.54) is 11.9 Å². The van der Waals surface area contributed by atoms with Crippen molar-refractivity contribution in [3.05, 3.63) is 41.1 Å². The first-order valence-corrected chi connectivity index (χ1v) is 6.08. The summed E-state index contributed by atoms with van der Waals surface area (Å²) in [6, 6.07) is 5.95. The normalized spacial score (nSPS) is 18.9. The molecule has 1 aliphatic rings. The number of carboxylic acids is 1. The Kier molecular flexibility index (Phi) is 3.65. The summed E-state index contributed by atoms with van der Waals surface area (Å²) in [5.74, 6) is -0.374. The van der Waals surface area contributed by atoms with Crippen molar-refractivity contribution in [3.63, 3.8) is 0 Å². The summed E-state index contributed by atoms with van der Waals surface area (Å²) in [5, 5.41) is 12.1. The molecule has 2 N–H and O–H groups in total. The molecular formula is C14H16N2O4. The Morgan fingerprint density at radius 1 is 1.35 bits per heavy atom. The minimum Gasteiger partial charge on any atom is -0.497 e. The highest BCUT2D eigenvalue weighted by atomic mass is 16.5.